The van der Waals surface area contributed by atoms with Crippen molar-refractivity contribution in [1.29, 1.82) is 0 Å². The topological polar surface area (TPSA) is 166 Å². The predicted octanol–water partition coefficient (Wildman–Crippen LogP) is 1.35. The van der Waals surface area contributed by atoms with Crippen LogP contribution in [0.3, 0.4) is 0 Å². The van der Waals surface area contributed by atoms with Crippen LogP contribution in [0.4, 0.5) is 0 Å². The molecule has 1 aliphatic heterocycles. The highest BCUT2D eigenvalue weighted by Crippen LogP contribution is 2.71. The number of esters is 4. The third-order valence-corrected chi connectivity index (χ3v) is 10.9. The first-order valence-electron chi connectivity index (χ1n) is 14.1. The number of aliphatic hydroxyl groups excluding tert-OH is 1. The van der Waals surface area contributed by atoms with E-state index in [1.165, 1.54) is 26.8 Å². The first kappa shape index (κ1) is 29.0. The van der Waals surface area contributed by atoms with Crippen LogP contribution >= 0.6 is 0 Å². The molecule has 222 valence electrons. The number of rotatable bonds is 5. The highest BCUT2D eigenvalue weighted by atomic mass is 16.6. The third-order valence-electron chi connectivity index (χ3n) is 10.9. The molecule has 0 unspecified atom stereocenters. The Labute approximate surface area is 233 Å². The smallest absolute Gasteiger partial charge is 0.331 e. The second kappa shape index (κ2) is 9.80. The highest BCUT2D eigenvalue weighted by molar-refractivity contribution is 5.85. The van der Waals surface area contributed by atoms with E-state index in [4.69, 9.17) is 18.9 Å². The van der Waals surface area contributed by atoms with E-state index in [-0.39, 0.29) is 44.8 Å². The fourth-order valence-electron chi connectivity index (χ4n) is 9.47. The molecule has 10 atom stereocenters. The Morgan fingerprint density at radius 2 is 1.73 bits per heavy atom. The number of hydrogen-bond donors (Lipinski definition) is 3. The molecule has 11 nitrogen and oxygen atoms in total. The number of cyclic esters (lactones) is 1. The summed E-state index contributed by atoms with van der Waals surface area (Å²) in [6, 6.07) is 0. The fourth-order valence-corrected chi connectivity index (χ4v) is 9.47. The van der Waals surface area contributed by atoms with Crippen molar-refractivity contribution in [1.82, 2.24) is 0 Å². The maximum Gasteiger partial charge on any atom is 0.331 e. The van der Waals surface area contributed by atoms with Gasteiger partial charge in [-0.2, -0.15) is 0 Å². The van der Waals surface area contributed by atoms with Gasteiger partial charge < -0.3 is 34.3 Å². The van der Waals surface area contributed by atoms with Crippen LogP contribution in [0, 0.1) is 28.6 Å². The molecule has 4 saturated carbocycles. The fraction of sp³-hybridized carbons (Fsp3) is 0.793. The second-order valence-corrected chi connectivity index (χ2v) is 12.8. The molecule has 0 aromatic heterocycles. The molecule has 0 aromatic rings. The van der Waals surface area contributed by atoms with Gasteiger partial charge in [0.2, 0.25) is 0 Å². The normalized spacial score (nSPS) is 45.8. The number of ether oxygens (including phenoxy) is 4. The SMILES string of the molecule is CC(=O)OC[C@@]12[C@@H]3[C@@H](CC[C@@]1(O)C[C@H](OC(C)=O)C[C@H]2O)[C@]1(O)CC[C@H](C2=CC(=O)OC2)[C@@]1(C)C[C@H]3OC(C)=O. The van der Waals surface area contributed by atoms with E-state index in [1.54, 1.807) is 0 Å². The predicted molar refractivity (Wildman–Crippen MR) is 136 cm³/mol. The lowest BCUT2D eigenvalue weighted by Gasteiger charge is -2.68. The van der Waals surface area contributed by atoms with E-state index >= 15 is 0 Å². The van der Waals surface area contributed by atoms with E-state index in [9.17, 15) is 34.5 Å². The zero-order valence-electron chi connectivity index (χ0n) is 23.5. The Kier molecular flexibility index (Phi) is 7.11. The molecule has 5 rings (SSSR count). The number of fused-ring (bicyclic) bond motifs is 5. The molecular weight excluding hydrogens is 524 g/mol. The second-order valence-electron chi connectivity index (χ2n) is 12.8. The number of carbonyl (C=O) groups excluding carboxylic acids is 4. The summed E-state index contributed by atoms with van der Waals surface area (Å²) in [6.07, 6.45) is 0.267. The van der Waals surface area contributed by atoms with Crippen LogP contribution in [0.1, 0.15) is 72.6 Å². The van der Waals surface area contributed by atoms with Gasteiger partial charge in [-0.25, -0.2) is 4.79 Å². The number of carbonyl (C=O) groups is 4. The van der Waals surface area contributed by atoms with Crippen LogP contribution in [0.15, 0.2) is 11.6 Å². The van der Waals surface area contributed by atoms with Gasteiger partial charge in [0.1, 0.15) is 25.4 Å². The van der Waals surface area contributed by atoms with Gasteiger partial charge in [-0.05, 0) is 49.5 Å². The van der Waals surface area contributed by atoms with Gasteiger partial charge in [0, 0.05) is 51.0 Å². The van der Waals surface area contributed by atoms with Crippen molar-refractivity contribution < 1.29 is 53.4 Å². The zero-order chi connectivity index (χ0) is 29.3. The van der Waals surface area contributed by atoms with Crippen LogP contribution in [-0.2, 0) is 38.1 Å². The minimum atomic E-state index is -1.64. The van der Waals surface area contributed by atoms with Crippen LogP contribution < -0.4 is 0 Å². The number of hydrogen-bond acceptors (Lipinski definition) is 11. The summed E-state index contributed by atoms with van der Waals surface area (Å²) in [6.45, 7) is 5.54. The lowest BCUT2D eigenvalue weighted by atomic mass is 9.40. The largest absolute Gasteiger partial charge is 0.465 e. The summed E-state index contributed by atoms with van der Waals surface area (Å²) in [5.41, 5.74) is -4.43. The molecule has 0 radical (unpaired) electrons. The first-order chi connectivity index (χ1) is 18.7. The summed E-state index contributed by atoms with van der Waals surface area (Å²) in [7, 11) is 0. The number of aliphatic hydroxyl groups is 3. The van der Waals surface area contributed by atoms with Crippen molar-refractivity contribution in [2.75, 3.05) is 13.2 Å². The summed E-state index contributed by atoms with van der Waals surface area (Å²) < 4.78 is 22.1. The molecule has 3 N–H and O–H groups in total. The van der Waals surface area contributed by atoms with Gasteiger partial charge >= 0.3 is 23.9 Å². The average molecular weight is 565 g/mol. The Balaban J connectivity index is 1.63. The van der Waals surface area contributed by atoms with Crippen molar-refractivity contribution in [2.24, 2.45) is 28.6 Å². The van der Waals surface area contributed by atoms with E-state index in [1.807, 2.05) is 6.92 Å². The molecule has 0 bridgehead atoms. The van der Waals surface area contributed by atoms with Crippen molar-refractivity contribution in [3.63, 3.8) is 0 Å². The molecule has 0 aromatic carbocycles. The van der Waals surface area contributed by atoms with Crippen molar-refractivity contribution in [3.05, 3.63) is 11.6 Å². The Hall–Kier alpha value is -2.50. The van der Waals surface area contributed by atoms with Gasteiger partial charge in [0.15, 0.2) is 0 Å². The third kappa shape index (κ3) is 4.18. The Morgan fingerprint density at radius 1 is 1.02 bits per heavy atom. The standard InChI is InChI=1S/C29H40O11/c1-15(30)38-14-28-23(33)10-19(39-16(2)31)11-27(28,35)7-5-21-25(28)22(40-17(3)32)12-26(4)20(6-8-29(21,26)36)18-9-24(34)37-13-18/h9,19-23,25,33,35-36H,5-8,10-14H2,1-4H3/t19-,20-,21-,22-,23-,25-,26-,27-,28-,29-/m1/s1. The van der Waals surface area contributed by atoms with Gasteiger partial charge in [-0.1, -0.05) is 6.92 Å². The maximum atomic E-state index is 12.6. The van der Waals surface area contributed by atoms with Crippen LogP contribution in [0.5, 0.6) is 0 Å². The van der Waals surface area contributed by atoms with E-state index in [2.05, 4.69) is 0 Å². The van der Waals surface area contributed by atoms with E-state index < -0.39 is 76.1 Å². The van der Waals surface area contributed by atoms with Crippen LogP contribution in [0.25, 0.3) is 0 Å². The molecule has 40 heavy (non-hydrogen) atoms. The Morgan fingerprint density at radius 3 is 2.33 bits per heavy atom. The van der Waals surface area contributed by atoms with Crippen molar-refractivity contribution in [3.8, 4) is 0 Å². The summed E-state index contributed by atoms with van der Waals surface area (Å²) >= 11 is 0. The molecule has 4 aliphatic carbocycles. The first-order valence-corrected chi connectivity index (χ1v) is 14.1. The molecule has 0 amide bonds. The Bertz CT molecular complexity index is 1130. The average Bonchev–Trinajstić information content (AvgIpc) is 3.37. The molecule has 4 fully saturated rings. The lowest BCUT2D eigenvalue weighted by molar-refractivity contribution is -0.319. The summed E-state index contributed by atoms with van der Waals surface area (Å²) in [5, 5.41) is 36.7. The molecule has 1 heterocycles. The quantitative estimate of drug-likeness (QED) is 0.326. The maximum absolute atomic E-state index is 12.6. The molecular formula is C29H40O11. The van der Waals surface area contributed by atoms with Crippen LogP contribution in [-0.4, -0.2) is 81.9 Å². The molecule has 11 heteroatoms. The minimum Gasteiger partial charge on any atom is -0.465 e. The zero-order valence-corrected chi connectivity index (χ0v) is 23.5. The highest BCUT2D eigenvalue weighted by Gasteiger charge is 2.76. The molecule has 0 spiro atoms. The summed E-state index contributed by atoms with van der Waals surface area (Å²) in [4.78, 5) is 48.2. The van der Waals surface area contributed by atoms with E-state index in [0.717, 1.165) is 5.57 Å². The molecule has 5 aliphatic rings. The van der Waals surface area contributed by atoms with E-state index in [0.29, 0.717) is 19.3 Å². The minimum absolute atomic E-state index is 0.00553. The van der Waals surface area contributed by atoms with Crippen molar-refractivity contribution in [2.45, 2.75) is 102 Å². The monoisotopic (exact) mass is 564 g/mol. The van der Waals surface area contributed by atoms with Gasteiger partial charge in [-0.3, -0.25) is 14.4 Å². The summed E-state index contributed by atoms with van der Waals surface area (Å²) in [5.74, 6) is -3.61. The molecule has 0 saturated heterocycles. The van der Waals surface area contributed by atoms with Gasteiger partial charge in [0.05, 0.1) is 22.7 Å². The van der Waals surface area contributed by atoms with Crippen LogP contribution in [0.2, 0.25) is 0 Å². The van der Waals surface area contributed by atoms with Crippen molar-refractivity contribution >= 4 is 23.9 Å². The van der Waals surface area contributed by atoms with Gasteiger partial charge in [-0.15, -0.1) is 0 Å². The lowest BCUT2D eigenvalue weighted by Crippen LogP contribution is -2.76. The van der Waals surface area contributed by atoms with Gasteiger partial charge in [0.25, 0.3) is 0 Å².